The van der Waals surface area contributed by atoms with Gasteiger partial charge in [0.1, 0.15) is 32.9 Å². The highest BCUT2D eigenvalue weighted by Gasteiger charge is 2.52. The van der Waals surface area contributed by atoms with E-state index in [4.69, 9.17) is 4.12 Å². The molecule has 0 aliphatic heterocycles. The van der Waals surface area contributed by atoms with E-state index in [1.807, 2.05) is 0 Å². The average Bonchev–Trinajstić information content (AvgIpc) is 2.01. The first-order chi connectivity index (χ1) is 10.1. The van der Waals surface area contributed by atoms with Crippen molar-refractivity contribution in [3.8, 4) is 0 Å². The summed E-state index contributed by atoms with van der Waals surface area (Å²) in [6.45, 7) is 37.4. The summed E-state index contributed by atoms with van der Waals surface area (Å²) < 4.78 is 13.1. The summed E-state index contributed by atoms with van der Waals surface area (Å²) in [6, 6.07) is 0. The van der Waals surface area contributed by atoms with Crippen LogP contribution in [0.25, 0.3) is 0 Å². The van der Waals surface area contributed by atoms with Crippen molar-refractivity contribution >= 4 is 50.6 Å². The van der Waals surface area contributed by atoms with Crippen LogP contribution in [-0.4, -0.2) is 58.4 Å². The van der Waals surface area contributed by atoms with Gasteiger partial charge in [-0.05, 0) is 19.6 Å². The quantitative estimate of drug-likeness (QED) is 0.448. The van der Waals surface area contributed by atoms with E-state index < -0.39 is 50.6 Å². The molecule has 0 aromatic carbocycles. The van der Waals surface area contributed by atoms with Crippen LogP contribution in [0.15, 0.2) is 0 Å². The second-order valence-electron chi connectivity index (χ2n) is 11.9. The maximum atomic E-state index is 7.10. The third-order valence-electron chi connectivity index (χ3n) is 3.46. The van der Waals surface area contributed by atoms with Crippen molar-refractivity contribution in [3.05, 3.63) is 0 Å². The Hall–Kier alpha value is 1.18. The molecule has 1 radical (unpaired) electrons. The highest BCUT2D eigenvalue weighted by molar-refractivity contribution is 7.06. The van der Waals surface area contributed by atoms with E-state index in [1.165, 1.54) is 0 Å². The van der Waals surface area contributed by atoms with Gasteiger partial charge in [0.25, 0.3) is 0 Å². The van der Waals surface area contributed by atoms with Crippen LogP contribution < -0.4 is 0 Å². The molecule has 0 aromatic rings. The molecule has 0 atom stereocenters. The van der Waals surface area contributed by atoms with Crippen molar-refractivity contribution in [2.75, 3.05) is 0 Å². The lowest BCUT2D eigenvalue weighted by Gasteiger charge is -2.57. The lowest BCUT2D eigenvalue weighted by molar-refractivity contribution is 0.487. The van der Waals surface area contributed by atoms with Crippen LogP contribution in [-0.2, 0) is 4.12 Å². The van der Waals surface area contributed by atoms with Crippen LogP contribution in [0.5, 0.6) is 0 Å². The summed E-state index contributed by atoms with van der Waals surface area (Å²) in [7, 11) is -8.60. The van der Waals surface area contributed by atoms with Gasteiger partial charge in [0.15, 0.2) is 8.32 Å². The van der Waals surface area contributed by atoms with E-state index in [-0.39, 0.29) is 0 Å². The highest BCUT2D eigenvalue weighted by Crippen LogP contribution is 2.31. The Kier molecular flexibility index (Phi) is 8.04. The van der Waals surface area contributed by atoms with E-state index in [1.54, 1.807) is 0 Å². The number of hydrogen-bond acceptors (Lipinski definition) is 3. The fraction of sp³-hybridized carbons (Fsp3) is 1.00. The summed E-state index contributed by atoms with van der Waals surface area (Å²) in [5, 5.41) is 0. The molecule has 0 bridgehead atoms. The molecule has 0 aliphatic carbocycles. The Balaban J connectivity index is 6.44. The molecule has 0 fully saturated rings. The molecule has 0 N–H and O–H groups in total. The number of hydrogen-bond donors (Lipinski definition) is 0. The molecule has 0 saturated heterocycles. The minimum Gasteiger partial charge on any atom is -0.434 e. The van der Waals surface area contributed by atoms with Gasteiger partial charge in [-0.3, -0.25) is 0 Å². The zero-order valence-electron chi connectivity index (χ0n) is 19.3. The molecule has 0 saturated carbocycles. The molecular weight excluding hydrogens is 393 g/mol. The molecule has 0 unspecified atom stereocenters. The van der Waals surface area contributed by atoms with Gasteiger partial charge in [0, 0.05) is 0 Å². The third kappa shape index (κ3) is 7.82. The fourth-order valence-corrected chi connectivity index (χ4v) is 36.1. The molecule has 9 heteroatoms. The van der Waals surface area contributed by atoms with Gasteiger partial charge in [-0.15, -0.1) is 0 Å². The van der Waals surface area contributed by atoms with Crippen molar-refractivity contribution in [1.29, 1.82) is 0 Å². The van der Waals surface area contributed by atoms with E-state index in [0.29, 0.717) is 0 Å². The number of rotatable bonds is 8. The summed E-state index contributed by atoms with van der Waals surface area (Å²) >= 11 is 0. The predicted octanol–water partition coefficient (Wildman–Crippen LogP) is 5.77. The van der Waals surface area contributed by atoms with Crippen LogP contribution in [0.1, 0.15) is 0 Å². The Morgan fingerprint density at radius 1 is 0.458 bits per heavy atom. The van der Waals surface area contributed by atoms with E-state index >= 15 is 0 Å². The Morgan fingerprint density at radius 2 is 0.667 bits per heavy atom. The van der Waals surface area contributed by atoms with E-state index in [2.05, 4.69) is 106 Å². The summed E-state index contributed by atoms with van der Waals surface area (Å²) in [4.78, 5) is 0. The lowest BCUT2D eigenvalue weighted by Crippen LogP contribution is -2.79. The molecule has 0 spiro atoms. The standard InChI is InChI=1S/C15H45N2OSi6/c1-20(2,3)16(21(4,5)6)19(18-24(13,14)15)17(22(7,8)9)23(10,11)12/h1-15H3. The van der Waals surface area contributed by atoms with Crippen LogP contribution in [0, 0.1) is 0 Å². The molecule has 24 heavy (non-hydrogen) atoms. The second kappa shape index (κ2) is 7.66. The molecule has 0 aliphatic rings. The molecule has 0 amide bonds. The number of nitrogens with zero attached hydrogens (tertiary/aromatic N) is 2. The minimum absolute atomic E-state index is 1.13. The zero-order valence-corrected chi connectivity index (χ0v) is 25.3. The average molecular weight is 438 g/mol. The highest BCUT2D eigenvalue weighted by atomic mass is 28.5. The molecule has 0 rings (SSSR count). The molecule has 3 nitrogen and oxygen atoms in total. The van der Waals surface area contributed by atoms with Gasteiger partial charge >= 0.3 is 9.36 Å². The first-order valence-electron chi connectivity index (χ1n) is 9.25. The van der Waals surface area contributed by atoms with Crippen molar-refractivity contribution in [2.24, 2.45) is 0 Å². The van der Waals surface area contributed by atoms with Crippen molar-refractivity contribution in [1.82, 2.24) is 7.79 Å². The van der Waals surface area contributed by atoms with Gasteiger partial charge < -0.3 is 11.9 Å². The van der Waals surface area contributed by atoms with Crippen molar-refractivity contribution < 1.29 is 4.12 Å². The maximum absolute atomic E-state index is 7.10. The van der Waals surface area contributed by atoms with Crippen LogP contribution >= 0.6 is 0 Å². The van der Waals surface area contributed by atoms with Gasteiger partial charge in [-0.1, -0.05) is 78.6 Å². The molecule has 145 valence electrons. The maximum Gasteiger partial charge on any atom is 0.368 e. The van der Waals surface area contributed by atoms with Crippen LogP contribution in [0.4, 0.5) is 0 Å². The van der Waals surface area contributed by atoms with Crippen LogP contribution in [0.2, 0.25) is 98.2 Å². The van der Waals surface area contributed by atoms with Gasteiger partial charge in [-0.2, -0.15) is 0 Å². The Labute approximate surface area is 160 Å². The fourth-order valence-electron chi connectivity index (χ4n) is 3.63. The first kappa shape index (κ1) is 25.2. The van der Waals surface area contributed by atoms with Gasteiger partial charge in [0.2, 0.25) is 0 Å². The van der Waals surface area contributed by atoms with Crippen molar-refractivity contribution in [3.63, 3.8) is 0 Å². The predicted molar refractivity (Wildman–Crippen MR) is 127 cm³/mol. The topological polar surface area (TPSA) is 15.7 Å². The van der Waals surface area contributed by atoms with Crippen molar-refractivity contribution in [2.45, 2.75) is 98.2 Å². The molecule has 0 aromatic heterocycles. The van der Waals surface area contributed by atoms with Gasteiger partial charge in [0.05, 0.1) is 0 Å². The molecule has 0 heterocycles. The summed E-state index contributed by atoms with van der Waals surface area (Å²) in [6.07, 6.45) is 0. The SMILES string of the molecule is C[Si](C)(C)O[Si](N([Si](C)(C)C)[Si](C)(C)C)N([Si](C)(C)C)[Si](C)(C)C. The van der Waals surface area contributed by atoms with Crippen LogP contribution in [0.3, 0.4) is 0 Å². The third-order valence-corrected chi connectivity index (χ3v) is 31.2. The molecular formula is C15H45N2OSi6. The first-order valence-corrected chi connectivity index (χ1v) is 27.7. The Morgan fingerprint density at radius 3 is 0.792 bits per heavy atom. The van der Waals surface area contributed by atoms with E-state index in [0.717, 1.165) is 0 Å². The lowest BCUT2D eigenvalue weighted by atomic mass is 11.8. The second-order valence-corrected chi connectivity index (χ2v) is 40.2. The monoisotopic (exact) mass is 437 g/mol. The summed E-state index contributed by atoms with van der Waals surface area (Å²) in [5.41, 5.74) is 0. The Bertz CT molecular complexity index is 352. The zero-order chi connectivity index (χ0) is 19.9. The smallest absolute Gasteiger partial charge is 0.368 e. The normalized spacial score (nSPS) is 15.8. The minimum atomic E-state index is -1.61. The van der Waals surface area contributed by atoms with E-state index in [9.17, 15) is 0 Å². The summed E-state index contributed by atoms with van der Waals surface area (Å²) in [5.74, 6) is 0. The largest absolute Gasteiger partial charge is 0.434 e. The van der Waals surface area contributed by atoms with Gasteiger partial charge in [-0.25, -0.2) is 0 Å².